The molecule has 2 aromatic rings. The van der Waals surface area contributed by atoms with Gasteiger partial charge in [0.25, 0.3) is 0 Å². The van der Waals surface area contributed by atoms with Gasteiger partial charge in [0.2, 0.25) is 5.91 Å². The van der Waals surface area contributed by atoms with Crippen LogP contribution in [0.2, 0.25) is 0 Å². The zero-order chi connectivity index (χ0) is 13.0. The Bertz CT molecular complexity index is 511. The summed E-state index contributed by atoms with van der Waals surface area (Å²) in [6.45, 7) is 4.13. The summed E-state index contributed by atoms with van der Waals surface area (Å²) in [6, 6.07) is 12.1. The van der Waals surface area contributed by atoms with Gasteiger partial charge in [0.05, 0.1) is 5.00 Å². The fourth-order valence-corrected chi connectivity index (χ4v) is 2.69. The molecule has 1 aromatic heterocycles. The molecule has 2 rings (SSSR count). The number of aryl methyl sites for hydroxylation is 3. The van der Waals surface area contributed by atoms with Crippen molar-refractivity contribution in [1.29, 1.82) is 0 Å². The monoisotopic (exact) mass is 259 g/mol. The Balaban J connectivity index is 1.86. The topological polar surface area (TPSA) is 29.1 Å². The summed E-state index contributed by atoms with van der Waals surface area (Å²) in [7, 11) is 0. The molecule has 0 fully saturated rings. The zero-order valence-corrected chi connectivity index (χ0v) is 11.5. The van der Waals surface area contributed by atoms with E-state index in [0.29, 0.717) is 6.42 Å². The molecule has 0 atom stereocenters. The van der Waals surface area contributed by atoms with Crippen LogP contribution in [0.5, 0.6) is 0 Å². The fourth-order valence-electron chi connectivity index (χ4n) is 1.74. The molecule has 1 N–H and O–H groups in total. The Kier molecular flexibility index (Phi) is 4.15. The number of hydrogen-bond donors (Lipinski definition) is 1. The molecule has 0 aliphatic carbocycles. The van der Waals surface area contributed by atoms with Crippen molar-refractivity contribution >= 4 is 22.2 Å². The van der Waals surface area contributed by atoms with Crippen LogP contribution in [0.4, 0.5) is 5.00 Å². The second-order valence-electron chi connectivity index (χ2n) is 4.38. The van der Waals surface area contributed by atoms with E-state index in [1.165, 1.54) is 16.0 Å². The first-order valence-corrected chi connectivity index (χ1v) is 6.87. The Morgan fingerprint density at radius 1 is 1.22 bits per heavy atom. The van der Waals surface area contributed by atoms with E-state index in [1.54, 1.807) is 11.3 Å². The van der Waals surface area contributed by atoms with Crippen LogP contribution in [-0.4, -0.2) is 5.91 Å². The predicted octanol–water partition coefficient (Wildman–Crippen LogP) is 3.94. The summed E-state index contributed by atoms with van der Waals surface area (Å²) in [5, 5.41) is 3.90. The number of amides is 1. The molecular weight excluding hydrogens is 242 g/mol. The van der Waals surface area contributed by atoms with Crippen LogP contribution in [-0.2, 0) is 11.2 Å². The summed E-state index contributed by atoms with van der Waals surface area (Å²) in [5.41, 5.74) is 2.43. The lowest BCUT2D eigenvalue weighted by molar-refractivity contribution is -0.116. The highest BCUT2D eigenvalue weighted by Crippen LogP contribution is 2.25. The maximum Gasteiger partial charge on any atom is 0.225 e. The molecule has 94 valence electrons. The quantitative estimate of drug-likeness (QED) is 0.885. The second kappa shape index (κ2) is 5.83. The molecule has 0 bridgehead atoms. The van der Waals surface area contributed by atoms with Gasteiger partial charge in [-0.2, -0.15) is 0 Å². The number of benzene rings is 1. The molecule has 1 heterocycles. The standard InChI is InChI=1S/C15H17NOS/c1-11-10-15(18-12(11)2)16-14(17)9-8-13-6-4-3-5-7-13/h3-7,10H,8-9H2,1-2H3,(H,16,17). The SMILES string of the molecule is Cc1cc(NC(=O)CCc2ccccc2)sc1C. The average molecular weight is 259 g/mol. The van der Waals surface area contributed by atoms with Gasteiger partial charge in [0.1, 0.15) is 0 Å². The van der Waals surface area contributed by atoms with E-state index in [1.807, 2.05) is 36.4 Å². The van der Waals surface area contributed by atoms with Gasteiger partial charge in [0, 0.05) is 11.3 Å². The Morgan fingerprint density at radius 3 is 2.56 bits per heavy atom. The summed E-state index contributed by atoms with van der Waals surface area (Å²) < 4.78 is 0. The van der Waals surface area contributed by atoms with E-state index in [0.717, 1.165) is 11.4 Å². The summed E-state index contributed by atoms with van der Waals surface area (Å²) in [5.74, 6) is 0.0834. The van der Waals surface area contributed by atoms with E-state index < -0.39 is 0 Å². The van der Waals surface area contributed by atoms with Gasteiger partial charge >= 0.3 is 0 Å². The Morgan fingerprint density at radius 2 is 1.94 bits per heavy atom. The number of thiophene rings is 1. The number of anilines is 1. The highest BCUT2D eigenvalue weighted by molar-refractivity contribution is 7.16. The molecule has 0 saturated carbocycles. The largest absolute Gasteiger partial charge is 0.318 e. The smallest absolute Gasteiger partial charge is 0.225 e. The van der Waals surface area contributed by atoms with Gasteiger partial charge in [-0.1, -0.05) is 30.3 Å². The number of carbonyl (C=O) groups excluding carboxylic acids is 1. The highest BCUT2D eigenvalue weighted by Gasteiger charge is 2.06. The van der Waals surface area contributed by atoms with Crippen molar-refractivity contribution in [2.45, 2.75) is 26.7 Å². The normalized spacial score (nSPS) is 10.3. The maximum absolute atomic E-state index is 11.8. The molecule has 18 heavy (non-hydrogen) atoms. The zero-order valence-electron chi connectivity index (χ0n) is 10.7. The van der Waals surface area contributed by atoms with Crippen molar-refractivity contribution in [2.75, 3.05) is 5.32 Å². The van der Waals surface area contributed by atoms with Gasteiger partial charge in [-0.25, -0.2) is 0 Å². The van der Waals surface area contributed by atoms with Crippen LogP contribution >= 0.6 is 11.3 Å². The van der Waals surface area contributed by atoms with E-state index in [2.05, 4.69) is 19.2 Å². The lowest BCUT2D eigenvalue weighted by atomic mass is 10.1. The lowest BCUT2D eigenvalue weighted by Gasteiger charge is -2.02. The van der Waals surface area contributed by atoms with Crippen LogP contribution in [0.25, 0.3) is 0 Å². The van der Waals surface area contributed by atoms with Crippen molar-refractivity contribution in [3.8, 4) is 0 Å². The number of nitrogens with one attached hydrogen (secondary N) is 1. The van der Waals surface area contributed by atoms with Crippen LogP contribution < -0.4 is 5.32 Å². The van der Waals surface area contributed by atoms with Gasteiger partial charge in [0.15, 0.2) is 0 Å². The molecule has 0 aliphatic heterocycles. The Hall–Kier alpha value is -1.61. The first kappa shape index (κ1) is 12.8. The lowest BCUT2D eigenvalue weighted by Crippen LogP contribution is -2.11. The van der Waals surface area contributed by atoms with E-state index in [4.69, 9.17) is 0 Å². The predicted molar refractivity (Wildman–Crippen MR) is 77.2 cm³/mol. The Labute approximate surface area is 112 Å². The highest BCUT2D eigenvalue weighted by atomic mass is 32.1. The van der Waals surface area contributed by atoms with Crippen molar-refractivity contribution in [1.82, 2.24) is 0 Å². The van der Waals surface area contributed by atoms with Crippen LogP contribution in [0.3, 0.4) is 0 Å². The van der Waals surface area contributed by atoms with Crippen molar-refractivity contribution < 1.29 is 4.79 Å². The molecule has 2 nitrogen and oxygen atoms in total. The number of carbonyl (C=O) groups is 1. The maximum atomic E-state index is 11.8. The molecule has 0 radical (unpaired) electrons. The molecule has 1 amide bonds. The minimum atomic E-state index is 0.0834. The number of hydrogen-bond acceptors (Lipinski definition) is 2. The summed E-state index contributed by atoms with van der Waals surface area (Å²) >= 11 is 1.63. The molecule has 0 saturated heterocycles. The second-order valence-corrected chi connectivity index (χ2v) is 5.64. The van der Waals surface area contributed by atoms with Crippen molar-refractivity contribution in [3.05, 3.63) is 52.4 Å². The third-order valence-corrected chi connectivity index (χ3v) is 3.98. The third kappa shape index (κ3) is 3.44. The van der Waals surface area contributed by atoms with Crippen LogP contribution in [0.1, 0.15) is 22.4 Å². The molecule has 3 heteroatoms. The molecule has 0 unspecified atom stereocenters. The average Bonchev–Trinajstić information content (AvgIpc) is 2.67. The van der Waals surface area contributed by atoms with Gasteiger partial charge < -0.3 is 5.32 Å². The minimum absolute atomic E-state index is 0.0834. The van der Waals surface area contributed by atoms with E-state index >= 15 is 0 Å². The van der Waals surface area contributed by atoms with E-state index in [-0.39, 0.29) is 5.91 Å². The van der Waals surface area contributed by atoms with Crippen molar-refractivity contribution in [3.63, 3.8) is 0 Å². The van der Waals surface area contributed by atoms with Gasteiger partial charge in [-0.3, -0.25) is 4.79 Å². The summed E-state index contributed by atoms with van der Waals surface area (Å²) in [6.07, 6.45) is 1.32. The van der Waals surface area contributed by atoms with Gasteiger partial charge in [-0.05, 0) is 37.5 Å². The van der Waals surface area contributed by atoms with Gasteiger partial charge in [-0.15, -0.1) is 11.3 Å². The third-order valence-electron chi connectivity index (χ3n) is 2.91. The summed E-state index contributed by atoms with van der Waals surface area (Å²) in [4.78, 5) is 13.1. The van der Waals surface area contributed by atoms with Crippen LogP contribution in [0.15, 0.2) is 36.4 Å². The number of rotatable bonds is 4. The first-order valence-electron chi connectivity index (χ1n) is 6.06. The van der Waals surface area contributed by atoms with Crippen LogP contribution in [0, 0.1) is 13.8 Å². The molecule has 0 spiro atoms. The molecular formula is C15H17NOS. The minimum Gasteiger partial charge on any atom is -0.318 e. The first-order chi connectivity index (χ1) is 8.65. The van der Waals surface area contributed by atoms with E-state index in [9.17, 15) is 4.79 Å². The molecule has 1 aromatic carbocycles. The molecule has 0 aliphatic rings. The fraction of sp³-hybridized carbons (Fsp3) is 0.267. The van der Waals surface area contributed by atoms with Crippen molar-refractivity contribution in [2.24, 2.45) is 0 Å².